The Labute approximate surface area is 245 Å². The number of benzene rings is 3. The number of phenols is 1. The average Bonchev–Trinajstić information content (AvgIpc) is 3.30. The average molecular weight is 611 g/mol. The van der Waals surface area contributed by atoms with E-state index < -0.39 is 0 Å². The highest BCUT2D eigenvalue weighted by molar-refractivity contribution is 9.10. The molecule has 39 heavy (non-hydrogen) atoms. The molecule has 0 radical (unpaired) electrons. The summed E-state index contributed by atoms with van der Waals surface area (Å²) in [6.07, 6.45) is 4.28. The van der Waals surface area contributed by atoms with Crippen LogP contribution in [0.3, 0.4) is 0 Å². The Hall–Kier alpha value is -2.80. The number of ether oxygens (including phenoxy) is 1. The second kappa shape index (κ2) is 14.0. The molecule has 0 atom stereocenters. The van der Waals surface area contributed by atoms with Crippen LogP contribution in [0.25, 0.3) is 22.6 Å². The summed E-state index contributed by atoms with van der Waals surface area (Å²) in [6, 6.07) is 22.1. The summed E-state index contributed by atoms with van der Waals surface area (Å²) in [5.74, 6) is 1.63. The van der Waals surface area contributed by atoms with Crippen LogP contribution in [-0.2, 0) is 19.6 Å². The van der Waals surface area contributed by atoms with E-state index in [0.29, 0.717) is 23.9 Å². The Bertz CT molecular complexity index is 1360. The summed E-state index contributed by atoms with van der Waals surface area (Å²) in [5, 5.41) is 11.6. The van der Waals surface area contributed by atoms with Gasteiger partial charge in [-0.2, -0.15) is 0 Å². The predicted octanol–water partition coefficient (Wildman–Crippen LogP) is 8.95. The number of rotatable bonds is 13. The number of imidazole rings is 1. The van der Waals surface area contributed by atoms with E-state index in [1.54, 1.807) is 13.2 Å². The molecule has 0 aliphatic heterocycles. The summed E-state index contributed by atoms with van der Waals surface area (Å²) in [6.45, 7) is 7.47. The highest BCUT2D eigenvalue weighted by Gasteiger charge is 2.23. The molecule has 4 rings (SSSR count). The second-order valence-electron chi connectivity index (χ2n) is 9.79. The minimum absolute atomic E-state index is 0.185. The molecule has 0 aliphatic carbocycles. The Kier molecular flexibility index (Phi) is 10.5. The number of hydrogen-bond acceptors (Lipinski definition) is 4. The number of aromatic nitrogens is 2. The molecule has 5 nitrogen and oxygen atoms in total. The number of phenolic OH excluding ortho intramolecular Hbond substituents is 1. The van der Waals surface area contributed by atoms with Gasteiger partial charge < -0.3 is 14.4 Å². The minimum Gasteiger partial charge on any atom is -0.504 e. The molecule has 0 spiro atoms. The number of unbranched alkanes of at least 4 members (excludes halogenated alkanes) is 2. The standard InChI is InChI=1S/C32H37BrClN3O2/c1-4-6-17-36(21-25-19-26(33)20-29(39-3)31(25)38)22-28-30(23-13-15-27(34)16-14-23)35-32(37(28)18-7-5-2)24-11-9-8-10-12-24/h8-16,19-20,38H,4-7,17-18,21-22H2,1-3H3. The highest BCUT2D eigenvalue weighted by Crippen LogP contribution is 2.36. The van der Waals surface area contributed by atoms with Gasteiger partial charge >= 0.3 is 0 Å². The first-order chi connectivity index (χ1) is 18.9. The molecule has 1 aromatic heterocycles. The lowest BCUT2D eigenvalue weighted by Crippen LogP contribution is -2.26. The maximum absolute atomic E-state index is 10.9. The normalized spacial score (nSPS) is 11.3. The lowest BCUT2D eigenvalue weighted by molar-refractivity contribution is 0.242. The quantitative estimate of drug-likeness (QED) is 0.164. The van der Waals surface area contributed by atoms with Crippen molar-refractivity contribution >= 4 is 27.5 Å². The van der Waals surface area contributed by atoms with Crippen molar-refractivity contribution < 1.29 is 9.84 Å². The molecule has 206 valence electrons. The zero-order valence-corrected chi connectivity index (χ0v) is 25.3. The Morgan fingerprint density at radius 2 is 1.67 bits per heavy atom. The lowest BCUT2D eigenvalue weighted by atomic mass is 10.1. The van der Waals surface area contributed by atoms with Gasteiger partial charge in [-0.25, -0.2) is 4.98 Å². The number of nitrogens with zero attached hydrogens (tertiary/aromatic N) is 3. The van der Waals surface area contributed by atoms with Crippen LogP contribution in [0, 0.1) is 0 Å². The molecule has 0 fully saturated rings. The maximum Gasteiger partial charge on any atom is 0.162 e. The molecule has 4 aromatic rings. The lowest BCUT2D eigenvalue weighted by Gasteiger charge is -2.25. The van der Waals surface area contributed by atoms with Gasteiger partial charge in [0.25, 0.3) is 0 Å². The van der Waals surface area contributed by atoms with Crippen molar-refractivity contribution in [2.75, 3.05) is 13.7 Å². The molecule has 0 saturated heterocycles. The summed E-state index contributed by atoms with van der Waals surface area (Å²) >= 11 is 9.83. The van der Waals surface area contributed by atoms with Crippen molar-refractivity contribution in [3.8, 4) is 34.1 Å². The first kappa shape index (κ1) is 29.2. The van der Waals surface area contributed by atoms with Crippen LogP contribution in [0.4, 0.5) is 0 Å². The van der Waals surface area contributed by atoms with Gasteiger partial charge in [-0.05, 0) is 43.7 Å². The predicted molar refractivity (Wildman–Crippen MR) is 164 cm³/mol. The molecule has 0 saturated carbocycles. The zero-order valence-electron chi connectivity index (χ0n) is 23.0. The van der Waals surface area contributed by atoms with Crippen molar-refractivity contribution in [1.82, 2.24) is 14.5 Å². The number of halogens is 2. The summed E-state index contributed by atoms with van der Waals surface area (Å²) in [7, 11) is 1.58. The SMILES string of the molecule is CCCCN(Cc1cc(Br)cc(OC)c1O)Cc1c(-c2ccc(Cl)cc2)nc(-c2ccccc2)n1CCCC. The van der Waals surface area contributed by atoms with Gasteiger partial charge in [0.2, 0.25) is 0 Å². The van der Waals surface area contributed by atoms with Crippen LogP contribution >= 0.6 is 27.5 Å². The van der Waals surface area contributed by atoms with Crippen molar-refractivity contribution in [3.05, 3.63) is 87.5 Å². The van der Waals surface area contributed by atoms with E-state index in [1.807, 2.05) is 24.3 Å². The fraction of sp³-hybridized carbons (Fsp3) is 0.344. The van der Waals surface area contributed by atoms with Gasteiger partial charge in [0.05, 0.1) is 18.5 Å². The van der Waals surface area contributed by atoms with Gasteiger partial charge in [-0.3, -0.25) is 4.90 Å². The molecule has 0 aliphatic rings. The molecular formula is C32H37BrClN3O2. The van der Waals surface area contributed by atoms with Gasteiger partial charge in [0, 0.05) is 45.8 Å². The van der Waals surface area contributed by atoms with Gasteiger partial charge in [-0.15, -0.1) is 0 Å². The fourth-order valence-corrected chi connectivity index (χ4v) is 5.41. The molecule has 1 heterocycles. The van der Waals surface area contributed by atoms with E-state index in [1.165, 1.54) is 5.69 Å². The van der Waals surface area contributed by atoms with Gasteiger partial charge in [0.1, 0.15) is 5.82 Å². The number of methoxy groups -OCH3 is 1. The number of hydrogen-bond donors (Lipinski definition) is 1. The van der Waals surface area contributed by atoms with Crippen molar-refractivity contribution in [2.24, 2.45) is 0 Å². The third-order valence-corrected chi connectivity index (χ3v) is 7.60. The highest BCUT2D eigenvalue weighted by atomic mass is 79.9. The largest absolute Gasteiger partial charge is 0.504 e. The topological polar surface area (TPSA) is 50.5 Å². The third-order valence-electron chi connectivity index (χ3n) is 6.89. The van der Waals surface area contributed by atoms with E-state index in [2.05, 4.69) is 75.6 Å². The van der Waals surface area contributed by atoms with E-state index in [9.17, 15) is 5.11 Å². The fourth-order valence-electron chi connectivity index (χ4n) is 4.80. The second-order valence-corrected chi connectivity index (χ2v) is 11.1. The van der Waals surface area contributed by atoms with Crippen LogP contribution in [-0.4, -0.2) is 33.2 Å². The summed E-state index contributed by atoms with van der Waals surface area (Å²) < 4.78 is 8.70. The molecular weight excluding hydrogens is 574 g/mol. The van der Waals surface area contributed by atoms with E-state index in [-0.39, 0.29) is 5.75 Å². The molecule has 0 amide bonds. The maximum atomic E-state index is 10.9. The molecule has 3 aromatic carbocycles. The third kappa shape index (κ3) is 7.24. The first-order valence-electron chi connectivity index (χ1n) is 13.6. The van der Waals surface area contributed by atoms with E-state index >= 15 is 0 Å². The van der Waals surface area contributed by atoms with Crippen molar-refractivity contribution in [3.63, 3.8) is 0 Å². The summed E-state index contributed by atoms with van der Waals surface area (Å²) in [4.78, 5) is 7.65. The van der Waals surface area contributed by atoms with Crippen LogP contribution < -0.4 is 4.74 Å². The Morgan fingerprint density at radius 3 is 2.33 bits per heavy atom. The molecule has 0 unspecified atom stereocenters. The minimum atomic E-state index is 0.185. The van der Waals surface area contributed by atoms with E-state index in [4.69, 9.17) is 21.3 Å². The summed E-state index contributed by atoms with van der Waals surface area (Å²) in [5.41, 5.74) is 5.11. The van der Waals surface area contributed by atoms with Crippen LogP contribution in [0.1, 0.15) is 50.8 Å². The van der Waals surface area contributed by atoms with Gasteiger partial charge in [0.15, 0.2) is 11.5 Å². The first-order valence-corrected chi connectivity index (χ1v) is 14.8. The Balaban J connectivity index is 1.83. The molecule has 7 heteroatoms. The van der Waals surface area contributed by atoms with Crippen molar-refractivity contribution in [2.45, 2.75) is 59.2 Å². The van der Waals surface area contributed by atoms with Crippen LogP contribution in [0.15, 0.2) is 71.2 Å². The van der Waals surface area contributed by atoms with E-state index in [0.717, 1.165) is 71.5 Å². The zero-order chi connectivity index (χ0) is 27.8. The Morgan fingerprint density at radius 1 is 0.949 bits per heavy atom. The van der Waals surface area contributed by atoms with Crippen LogP contribution in [0.5, 0.6) is 11.5 Å². The smallest absolute Gasteiger partial charge is 0.162 e. The molecule has 0 bridgehead atoms. The number of aromatic hydroxyl groups is 1. The molecule has 1 N–H and O–H groups in total. The van der Waals surface area contributed by atoms with Gasteiger partial charge in [-0.1, -0.05) is 96.7 Å². The van der Waals surface area contributed by atoms with Crippen LogP contribution in [0.2, 0.25) is 5.02 Å². The van der Waals surface area contributed by atoms with Crippen molar-refractivity contribution in [1.29, 1.82) is 0 Å². The monoisotopic (exact) mass is 609 g/mol.